The lowest BCUT2D eigenvalue weighted by atomic mass is 9.61. The minimum Gasteiger partial charge on any atom is -0.480 e. The zero-order chi connectivity index (χ0) is 18.0. The molecular formula is C18H28N2O4. The van der Waals surface area contributed by atoms with E-state index >= 15 is 0 Å². The maximum Gasteiger partial charge on any atom is 0.410 e. The van der Waals surface area contributed by atoms with Gasteiger partial charge in [-0.3, -0.25) is 4.79 Å². The van der Waals surface area contributed by atoms with Crippen LogP contribution in [0.25, 0.3) is 0 Å². The number of nitrogens with zero attached hydrogens (tertiary/aromatic N) is 2. The lowest BCUT2D eigenvalue weighted by Crippen LogP contribution is -2.51. The fourth-order valence-electron chi connectivity index (χ4n) is 4.30. The van der Waals surface area contributed by atoms with Gasteiger partial charge < -0.3 is 14.7 Å². The number of carboxylic acid groups (broad SMARTS) is 1. The minimum absolute atomic E-state index is 0.263. The van der Waals surface area contributed by atoms with Crippen LogP contribution in [0.4, 0.5) is 4.79 Å². The van der Waals surface area contributed by atoms with Crippen molar-refractivity contribution in [1.82, 2.24) is 4.90 Å². The normalized spacial score (nSPS) is 22.7. The van der Waals surface area contributed by atoms with Crippen LogP contribution < -0.4 is 0 Å². The van der Waals surface area contributed by atoms with Gasteiger partial charge in [0, 0.05) is 18.5 Å². The second kappa shape index (κ2) is 7.00. The van der Waals surface area contributed by atoms with Gasteiger partial charge in [0.15, 0.2) is 0 Å². The van der Waals surface area contributed by atoms with Crippen LogP contribution in [0.3, 0.4) is 0 Å². The molecule has 1 aliphatic carbocycles. The Bertz CT molecular complexity index is 518. The smallest absolute Gasteiger partial charge is 0.410 e. The summed E-state index contributed by atoms with van der Waals surface area (Å²) in [5.74, 6) is -1.77. The van der Waals surface area contributed by atoms with E-state index in [2.05, 4.69) is 0 Å². The van der Waals surface area contributed by atoms with Crippen LogP contribution >= 0.6 is 0 Å². The molecule has 1 saturated heterocycles. The molecule has 134 valence electrons. The first-order valence-corrected chi connectivity index (χ1v) is 8.80. The number of hydrogen-bond acceptors (Lipinski definition) is 4. The molecule has 0 bridgehead atoms. The van der Waals surface area contributed by atoms with Gasteiger partial charge in [0.2, 0.25) is 0 Å². The number of carboxylic acids is 1. The molecule has 0 spiro atoms. The highest BCUT2D eigenvalue weighted by molar-refractivity contribution is 5.74. The van der Waals surface area contributed by atoms with Crippen molar-refractivity contribution >= 4 is 12.1 Å². The number of piperidine rings is 1. The molecule has 2 fully saturated rings. The molecule has 2 rings (SSSR count). The maximum atomic E-state index is 12.2. The Morgan fingerprint density at radius 1 is 1.25 bits per heavy atom. The average Bonchev–Trinajstić information content (AvgIpc) is 3.01. The van der Waals surface area contributed by atoms with Gasteiger partial charge in [-0.1, -0.05) is 12.8 Å². The fraction of sp³-hybridized carbons (Fsp3) is 0.833. The van der Waals surface area contributed by atoms with Crippen LogP contribution in [0.2, 0.25) is 0 Å². The van der Waals surface area contributed by atoms with E-state index in [-0.39, 0.29) is 12.0 Å². The fourth-order valence-corrected chi connectivity index (χ4v) is 4.30. The van der Waals surface area contributed by atoms with Crippen molar-refractivity contribution in [3.05, 3.63) is 0 Å². The van der Waals surface area contributed by atoms with Crippen molar-refractivity contribution in [1.29, 1.82) is 5.26 Å². The molecule has 0 aromatic heterocycles. The average molecular weight is 336 g/mol. The van der Waals surface area contributed by atoms with Gasteiger partial charge in [-0.15, -0.1) is 0 Å². The van der Waals surface area contributed by atoms with Gasteiger partial charge in [0.25, 0.3) is 0 Å². The zero-order valence-corrected chi connectivity index (χ0v) is 14.9. The molecule has 0 unspecified atom stereocenters. The van der Waals surface area contributed by atoms with Crippen molar-refractivity contribution in [3.8, 4) is 6.07 Å². The van der Waals surface area contributed by atoms with Gasteiger partial charge in [0.1, 0.15) is 11.5 Å². The van der Waals surface area contributed by atoms with E-state index < -0.39 is 22.9 Å². The van der Waals surface area contributed by atoms with E-state index in [1.54, 1.807) is 4.90 Å². The number of amides is 1. The number of rotatable bonds is 3. The molecule has 1 amide bonds. The lowest BCUT2D eigenvalue weighted by molar-refractivity contribution is -0.147. The summed E-state index contributed by atoms with van der Waals surface area (Å²) in [5.41, 5.74) is -1.07. The molecular weight excluding hydrogens is 308 g/mol. The summed E-state index contributed by atoms with van der Waals surface area (Å²) < 4.78 is 5.41. The Morgan fingerprint density at radius 2 is 1.79 bits per heavy atom. The molecule has 6 nitrogen and oxygen atoms in total. The molecule has 6 heteroatoms. The van der Waals surface area contributed by atoms with Crippen molar-refractivity contribution in [3.63, 3.8) is 0 Å². The van der Waals surface area contributed by atoms with Gasteiger partial charge in [-0.05, 0) is 52.4 Å². The number of nitriles is 1. The quantitative estimate of drug-likeness (QED) is 0.852. The molecule has 0 aromatic carbocycles. The molecule has 1 aliphatic heterocycles. The SMILES string of the molecule is CC(C)(C)OC(=O)N1CCC(C2CCCC2)([C@H](C#N)C(=O)O)CC1. The van der Waals surface area contributed by atoms with Crippen molar-refractivity contribution in [2.45, 2.75) is 64.9 Å². The Morgan fingerprint density at radius 3 is 2.21 bits per heavy atom. The highest BCUT2D eigenvalue weighted by Gasteiger charge is 2.51. The Balaban J connectivity index is 2.14. The van der Waals surface area contributed by atoms with Crippen LogP contribution in [0.1, 0.15) is 59.3 Å². The Labute approximate surface area is 143 Å². The number of carbonyl (C=O) groups excluding carboxylic acids is 1. The summed E-state index contributed by atoms with van der Waals surface area (Å²) in [7, 11) is 0. The Kier molecular flexibility index (Phi) is 5.42. The van der Waals surface area contributed by atoms with Gasteiger partial charge >= 0.3 is 12.1 Å². The van der Waals surface area contributed by atoms with Gasteiger partial charge in [0.05, 0.1) is 6.07 Å². The van der Waals surface area contributed by atoms with Crippen molar-refractivity contribution < 1.29 is 19.4 Å². The van der Waals surface area contributed by atoms with Crippen LogP contribution in [0, 0.1) is 28.6 Å². The van der Waals surface area contributed by atoms with Crippen LogP contribution in [-0.4, -0.2) is 40.8 Å². The first-order valence-electron chi connectivity index (χ1n) is 8.80. The second-order valence-corrected chi connectivity index (χ2v) is 8.08. The van der Waals surface area contributed by atoms with E-state index in [4.69, 9.17) is 4.74 Å². The lowest BCUT2D eigenvalue weighted by Gasteiger charge is -2.47. The molecule has 1 saturated carbocycles. The highest BCUT2D eigenvalue weighted by Crippen LogP contribution is 2.51. The van der Waals surface area contributed by atoms with Crippen LogP contribution in [-0.2, 0) is 9.53 Å². The van der Waals surface area contributed by atoms with E-state index in [0.29, 0.717) is 25.9 Å². The predicted molar refractivity (Wildman–Crippen MR) is 88.2 cm³/mol. The first-order chi connectivity index (χ1) is 11.2. The van der Waals surface area contributed by atoms with Crippen molar-refractivity contribution in [2.75, 3.05) is 13.1 Å². The summed E-state index contributed by atoms with van der Waals surface area (Å²) in [5, 5.41) is 19.0. The molecule has 1 atom stereocenters. The zero-order valence-electron chi connectivity index (χ0n) is 14.9. The molecule has 1 heterocycles. The number of carbonyl (C=O) groups is 2. The third-order valence-corrected chi connectivity index (χ3v) is 5.47. The predicted octanol–water partition coefficient (Wildman–Crippen LogP) is 3.42. The third-order valence-electron chi connectivity index (χ3n) is 5.47. The Hall–Kier alpha value is -1.77. The number of aliphatic carboxylic acids is 1. The summed E-state index contributed by atoms with van der Waals surface area (Å²) in [6, 6.07) is 2.04. The molecule has 0 radical (unpaired) electrons. The number of ether oxygens (including phenoxy) is 1. The standard InChI is InChI=1S/C18H28N2O4/c1-17(2,3)24-16(23)20-10-8-18(9-11-20,13-6-4-5-7-13)14(12-19)15(21)22/h13-14H,4-11H2,1-3H3,(H,21,22)/t14-/m1/s1. The minimum atomic E-state index is -1.03. The van der Waals surface area contributed by atoms with Crippen LogP contribution in [0.15, 0.2) is 0 Å². The van der Waals surface area contributed by atoms with E-state index in [0.717, 1.165) is 25.7 Å². The molecule has 1 N–H and O–H groups in total. The molecule has 2 aliphatic rings. The number of likely N-dealkylation sites (tertiary alicyclic amines) is 1. The third kappa shape index (κ3) is 3.82. The topological polar surface area (TPSA) is 90.6 Å². The summed E-state index contributed by atoms with van der Waals surface area (Å²) >= 11 is 0. The highest BCUT2D eigenvalue weighted by atomic mass is 16.6. The summed E-state index contributed by atoms with van der Waals surface area (Å²) in [6.45, 7) is 6.39. The molecule has 24 heavy (non-hydrogen) atoms. The number of hydrogen-bond donors (Lipinski definition) is 1. The van der Waals surface area contributed by atoms with E-state index in [1.165, 1.54) is 0 Å². The monoisotopic (exact) mass is 336 g/mol. The second-order valence-electron chi connectivity index (χ2n) is 8.08. The summed E-state index contributed by atoms with van der Waals surface area (Å²) in [4.78, 5) is 25.6. The van der Waals surface area contributed by atoms with E-state index in [1.807, 2.05) is 26.8 Å². The summed E-state index contributed by atoms with van der Waals surface area (Å²) in [6.07, 6.45) is 4.92. The van der Waals surface area contributed by atoms with Crippen molar-refractivity contribution in [2.24, 2.45) is 17.3 Å². The van der Waals surface area contributed by atoms with Crippen LogP contribution in [0.5, 0.6) is 0 Å². The molecule has 0 aromatic rings. The van der Waals surface area contributed by atoms with E-state index in [9.17, 15) is 20.0 Å². The first kappa shape index (κ1) is 18.6. The largest absolute Gasteiger partial charge is 0.480 e. The van der Waals surface area contributed by atoms with Gasteiger partial charge in [-0.2, -0.15) is 5.26 Å². The maximum absolute atomic E-state index is 12.2. The van der Waals surface area contributed by atoms with Gasteiger partial charge in [-0.25, -0.2) is 4.79 Å².